The number of hydrogen-bond donors (Lipinski definition) is 3. The van der Waals surface area contributed by atoms with Crippen molar-refractivity contribution < 1.29 is 57.9 Å². The minimum Gasteiger partial charge on any atom is -0.497 e. The average Bonchev–Trinajstić information content (AvgIpc) is 2.69. The maximum Gasteiger partial charge on any atom is 0.317 e. The standard InChI is InChI=1S/C36H56O6Si.C30H42O6/c1-24(2)30-18-27-20-35(23-38,36(30,21-27)33(39)41-22-26-13-15-28(40-7)16-14-26)31-19-32(42-43(8,9)34(4,5)6)25(3)29(31)12-10-11-17-37;1-19(2)25-13-22-15-29(18-32,26-14-27(33)20(3)24(26)7-5-6-12-31)30(25,16-22)28(34)36-17-21-8-10-23(35-4)11-9-21/h13-16,18,23-25,27,29,31-32,37H,10-12,17,19-22H2,1-9H3;8-11,13,18-20,22,24,26-27,31,33H,5-7,12,14-17H2,1-4H3/t25?,27?,29?,31?,32?,35-,36+;20?,22?,24?,26?,27?,29-,30+/m00/s1. The molecule has 4 bridgehead atoms. The molecule has 0 heterocycles. The second-order valence-corrected chi connectivity index (χ2v) is 31.8. The Bertz CT molecular complexity index is 2480. The number of hydrogen-bond acceptors (Lipinski definition) is 12. The van der Waals surface area contributed by atoms with Crippen LogP contribution in [-0.2, 0) is 46.3 Å². The Kier molecular flexibility index (Phi) is 19.9. The number of aldehydes is 2. The smallest absolute Gasteiger partial charge is 0.317 e. The first-order valence-corrected chi connectivity index (χ1v) is 32.9. The fourth-order valence-corrected chi connectivity index (χ4v) is 17.7. The molecule has 8 rings (SSSR count). The molecule has 10 unspecified atom stereocenters. The van der Waals surface area contributed by atoms with Crippen molar-refractivity contribution in [2.75, 3.05) is 27.4 Å². The van der Waals surface area contributed by atoms with Gasteiger partial charge in [-0.2, -0.15) is 0 Å². The normalized spacial score (nSPS) is 33.6. The molecule has 14 atom stereocenters. The van der Waals surface area contributed by atoms with E-state index in [1.165, 1.54) is 6.29 Å². The van der Waals surface area contributed by atoms with Crippen LogP contribution in [0.2, 0.25) is 18.1 Å². The molecule has 2 aromatic carbocycles. The molecular weight excluding hydrogens is 1010 g/mol. The van der Waals surface area contributed by atoms with E-state index in [1.807, 2.05) is 48.5 Å². The molecule has 438 valence electrons. The Balaban J connectivity index is 0.000000232. The van der Waals surface area contributed by atoms with Crippen molar-refractivity contribution in [3.05, 3.63) is 83.0 Å². The van der Waals surface area contributed by atoms with Crippen LogP contribution in [-0.4, -0.2) is 87.8 Å². The number of benzene rings is 2. The molecule has 2 aromatic rings. The van der Waals surface area contributed by atoms with E-state index < -0.39 is 36.1 Å². The molecule has 12 nitrogen and oxygen atoms in total. The van der Waals surface area contributed by atoms with Crippen LogP contribution in [0, 0.1) is 80.8 Å². The lowest BCUT2D eigenvalue weighted by atomic mass is 9.52. The number of carbonyl (C=O) groups excluding carboxylic acids is 4. The van der Waals surface area contributed by atoms with Gasteiger partial charge in [-0.05, 0) is 177 Å². The zero-order valence-electron chi connectivity index (χ0n) is 50.2. The van der Waals surface area contributed by atoms with Crippen LogP contribution in [0.3, 0.4) is 0 Å². The molecule has 0 saturated heterocycles. The number of unbranched alkanes of at least 4 members (excludes halogenated alkanes) is 2. The molecule has 0 aromatic heterocycles. The van der Waals surface area contributed by atoms with Gasteiger partial charge in [0.1, 0.15) is 48.1 Å². The van der Waals surface area contributed by atoms with Crippen LogP contribution < -0.4 is 9.47 Å². The number of carbonyl (C=O) groups is 4. The van der Waals surface area contributed by atoms with Crippen LogP contribution in [0.4, 0.5) is 0 Å². The topological polar surface area (TPSA) is 175 Å². The third kappa shape index (κ3) is 11.5. The summed E-state index contributed by atoms with van der Waals surface area (Å²) in [4.78, 5) is 55.7. The van der Waals surface area contributed by atoms with Gasteiger partial charge in [-0.1, -0.05) is 123 Å². The van der Waals surface area contributed by atoms with E-state index in [4.69, 9.17) is 23.4 Å². The summed E-state index contributed by atoms with van der Waals surface area (Å²) in [5.74, 6) is 2.07. The highest BCUT2D eigenvalue weighted by Crippen LogP contribution is 2.73. The van der Waals surface area contributed by atoms with E-state index in [2.05, 4.69) is 87.6 Å². The second kappa shape index (κ2) is 25.1. The predicted molar refractivity (Wildman–Crippen MR) is 310 cm³/mol. The van der Waals surface area contributed by atoms with Crippen molar-refractivity contribution in [3.8, 4) is 11.5 Å². The lowest BCUT2D eigenvalue weighted by Crippen LogP contribution is -2.53. The minimum absolute atomic E-state index is 0.00875. The molecule has 3 N–H and O–H groups in total. The first-order chi connectivity index (χ1) is 37.4. The first-order valence-electron chi connectivity index (χ1n) is 30.0. The van der Waals surface area contributed by atoms with E-state index in [0.717, 1.165) is 78.6 Å². The number of rotatable bonds is 24. The summed E-state index contributed by atoms with van der Waals surface area (Å²) in [6, 6.07) is 15.0. The van der Waals surface area contributed by atoms with Crippen LogP contribution >= 0.6 is 0 Å². The summed E-state index contributed by atoms with van der Waals surface area (Å²) < 4.78 is 29.8. The van der Waals surface area contributed by atoms with Gasteiger partial charge < -0.3 is 48.3 Å². The molecule has 4 fully saturated rings. The molecule has 6 aliphatic carbocycles. The zero-order chi connectivity index (χ0) is 57.9. The predicted octanol–water partition coefficient (Wildman–Crippen LogP) is 12.5. The highest BCUT2D eigenvalue weighted by atomic mass is 28.4. The van der Waals surface area contributed by atoms with Crippen LogP contribution in [0.25, 0.3) is 0 Å². The minimum atomic E-state index is -2.07. The van der Waals surface area contributed by atoms with Gasteiger partial charge >= 0.3 is 11.9 Å². The zero-order valence-corrected chi connectivity index (χ0v) is 51.2. The van der Waals surface area contributed by atoms with Crippen LogP contribution in [0.1, 0.15) is 150 Å². The lowest BCUT2D eigenvalue weighted by molar-refractivity contribution is -0.167. The Morgan fingerprint density at radius 2 is 1.05 bits per heavy atom. The van der Waals surface area contributed by atoms with Gasteiger partial charge in [0.2, 0.25) is 0 Å². The SMILES string of the molecule is COc1ccc(COC(=O)[C@@]23CC(C=C2C(C)C)C[C@]3(C=O)C2CC(O)C(C)C2CCCCO)cc1.COc1ccc(COC(=O)[C@@]23CC(C=C2C(C)C)C[C@]3(C=O)C2CC(O[Si](C)(C)C(C)(C)C)C(C)C2CCCCO)cc1. The molecule has 0 radical (unpaired) electrons. The van der Waals surface area contributed by atoms with Crippen LogP contribution in [0.5, 0.6) is 11.5 Å². The van der Waals surface area contributed by atoms with Gasteiger partial charge in [0, 0.05) is 30.1 Å². The number of esters is 2. The van der Waals surface area contributed by atoms with Crippen molar-refractivity contribution in [2.24, 2.45) is 80.8 Å². The molecule has 79 heavy (non-hydrogen) atoms. The molecule has 13 heteroatoms. The van der Waals surface area contributed by atoms with Gasteiger partial charge in [-0.25, -0.2) is 0 Å². The monoisotopic (exact) mass is 1110 g/mol. The van der Waals surface area contributed by atoms with Gasteiger partial charge in [-0.15, -0.1) is 0 Å². The number of fused-ring (bicyclic) bond motifs is 4. The molecule has 0 spiro atoms. The summed E-state index contributed by atoms with van der Waals surface area (Å²) in [5.41, 5.74) is 0.163. The van der Waals surface area contributed by atoms with Gasteiger partial charge in [-0.3, -0.25) is 9.59 Å². The van der Waals surface area contributed by atoms with Crippen molar-refractivity contribution in [3.63, 3.8) is 0 Å². The van der Waals surface area contributed by atoms with Crippen molar-refractivity contribution in [1.29, 1.82) is 0 Å². The van der Waals surface area contributed by atoms with Gasteiger partial charge in [0.25, 0.3) is 0 Å². The maximum absolute atomic E-state index is 14.6. The molecule has 4 saturated carbocycles. The summed E-state index contributed by atoms with van der Waals surface area (Å²) in [7, 11) is 1.18. The molecular formula is C66H98O12Si. The van der Waals surface area contributed by atoms with Crippen molar-refractivity contribution >= 4 is 32.8 Å². The average molecular weight is 1110 g/mol. The maximum atomic E-state index is 14.6. The fourth-order valence-electron chi connectivity index (χ4n) is 16.3. The highest BCUT2D eigenvalue weighted by molar-refractivity contribution is 6.74. The third-order valence-corrected chi connectivity index (χ3v) is 25.7. The largest absolute Gasteiger partial charge is 0.497 e. The summed E-state index contributed by atoms with van der Waals surface area (Å²) in [5, 5.41) is 29.9. The van der Waals surface area contributed by atoms with Gasteiger partial charge in [0.05, 0.1) is 20.3 Å². The van der Waals surface area contributed by atoms with E-state index in [1.54, 1.807) is 14.2 Å². The first kappa shape index (κ1) is 62.5. The third-order valence-electron chi connectivity index (χ3n) is 21.2. The van der Waals surface area contributed by atoms with Crippen LogP contribution in [0.15, 0.2) is 71.8 Å². The summed E-state index contributed by atoms with van der Waals surface area (Å²) >= 11 is 0. The van der Waals surface area contributed by atoms with Crippen molar-refractivity contribution in [2.45, 2.75) is 183 Å². The number of allylic oxidation sites excluding steroid dienone is 2. The van der Waals surface area contributed by atoms with E-state index in [0.29, 0.717) is 38.5 Å². The lowest BCUT2D eigenvalue weighted by Gasteiger charge is -2.49. The van der Waals surface area contributed by atoms with Crippen molar-refractivity contribution in [1.82, 2.24) is 0 Å². The Morgan fingerprint density at radius 3 is 1.42 bits per heavy atom. The Labute approximate surface area is 474 Å². The number of aliphatic hydroxyl groups is 3. The molecule has 0 amide bonds. The van der Waals surface area contributed by atoms with E-state index in [-0.39, 0.29) is 109 Å². The number of ether oxygens (including phenoxy) is 4. The Hall–Kier alpha value is -4.14. The molecule has 0 aliphatic heterocycles. The highest BCUT2D eigenvalue weighted by Gasteiger charge is 2.74. The van der Waals surface area contributed by atoms with E-state index >= 15 is 0 Å². The number of aliphatic hydroxyl groups excluding tert-OH is 3. The molecule has 6 aliphatic rings. The fraction of sp³-hybridized carbons (Fsp3) is 0.697. The van der Waals surface area contributed by atoms with Gasteiger partial charge in [0.15, 0.2) is 8.32 Å². The van der Waals surface area contributed by atoms with E-state index in [9.17, 15) is 34.5 Å². The number of methoxy groups -OCH3 is 2. The second-order valence-electron chi connectivity index (χ2n) is 27.0. The Morgan fingerprint density at radius 1 is 0.646 bits per heavy atom. The summed E-state index contributed by atoms with van der Waals surface area (Å²) in [6.07, 6.45) is 15.1. The quantitative estimate of drug-likeness (QED) is 0.0299. The summed E-state index contributed by atoms with van der Waals surface area (Å²) in [6.45, 7) is 24.8.